The minimum Gasteiger partial charge on any atom is -0.456 e. The van der Waals surface area contributed by atoms with E-state index in [9.17, 15) is 0 Å². The molecule has 0 aliphatic heterocycles. The third kappa shape index (κ3) is 7.07. The van der Waals surface area contributed by atoms with Gasteiger partial charge in [0.2, 0.25) is 0 Å². The summed E-state index contributed by atoms with van der Waals surface area (Å²) in [6.07, 6.45) is 0.591. The third-order valence-electron chi connectivity index (χ3n) is 13.4. The molecule has 0 unspecified atom stereocenters. The lowest BCUT2D eigenvalue weighted by Crippen LogP contribution is -2.03. The van der Waals surface area contributed by atoms with E-state index in [2.05, 4.69) is 211 Å². The molecule has 0 fully saturated rings. The standard InChI is InChI=1S/C64H42N4O/c1-6-20-42(21-7-1)50-32-19-33-51(43-22-8-2-9-23-43)58(50)48-37-36-46(53(41-48)64-66-62(44-24-10-3-11-25-44)65-63(67-64)45-26-12-4-13-27-45)40-47-28-18-35-56-59(47)61-57(69-56)39-38-55-60(61)52-31-16-17-34-54(52)68(55)49-29-14-5-15-30-49/h1-39,41H,40H2. The number of aromatic nitrogens is 4. The van der Waals surface area contributed by atoms with Crippen LogP contribution in [-0.4, -0.2) is 19.5 Å². The molecule has 0 saturated carbocycles. The molecule has 0 aliphatic carbocycles. The van der Waals surface area contributed by atoms with Crippen molar-refractivity contribution in [3.63, 3.8) is 0 Å². The van der Waals surface area contributed by atoms with Gasteiger partial charge in [0.15, 0.2) is 17.5 Å². The van der Waals surface area contributed by atoms with Crippen LogP contribution in [0, 0.1) is 0 Å². The Morgan fingerprint density at radius 2 is 0.870 bits per heavy atom. The van der Waals surface area contributed by atoms with Crippen LogP contribution in [0.2, 0.25) is 0 Å². The van der Waals surface area contributed by atoms with Crippen molar-refractivity contribution >= 4 is 43.7 Å². The molecule has 0 bridgehead atoms. The van der Waals surface area contributed by atoms with Crippen LogP contribution in [0.4, 0.5) is 0 Å². The Hall–Kier alpha value is -9.19. The maximum atomic E-state index is 6.79. The maximum absolute atomic E-state index is 6.79. The van der Waals surface area contributed by atoms with Crippen molar-refractivity contribution in [3.8, 4) is 73.2 Å². The van der Waals surface area contributed by atoms with Crippen molar-refractivity contribution in [1.29, 1.82) is 0 Å². The summed E-state index contributed by atoms with van der Waals surface area (Å²) in [5, 5.41) is 4.58. The fourth-order valence-electron chi connectivity index (χ4n) is 10.2. The van der Waals surface area contributed by atoms with Crippen molar-refractivity contribution in [2.75, 3.05) is 0 Å². The molecule has 13 aromatic rings. The van der Waals surface area contributed by atoms with Gasteiger partial charge < -0.3 is 8.98 Å². The molecule has 3 heterocycles. The molecule has 324 valence electrons. The highest BCUT2D eigenvalue weighted by Crippen LogP contribution is 2.45. The summed E-state index contributed by atoms with van der Waals surface area (Å²) in [4.78, 5) is 15.8. The maximum Gasteiger partial charge on any atom is 0.164 e. The summed E-state index contributed by atoms with van der Waals surface area (Å²) >= 11 is 0. The van der Waals surface area contributed by atoms with E-state index in [-0.39, 0.29) is 0 Å². The average molecular weight is 883 g/mol. The molecule has 0 N–H and O–H groups in total. The smallest absolute Gasteiger partial charge is 0.164 e. The highest BCUT2D eigenvalue weighted by atomic mass is 16.3. The molecule has 0 amide bonds. The molecular formula is C64H42N4O. The molecule has 69 heavy (non-hydrogen) atoms. The Balaban J connectivity index is 1.08. The highest BCUT2D eigenvalue weighted by molar-refractivity contribution is 6.28. The molecule has 0 saturated heterocycles. The molecule has 13 rings (SSSR count). The number of hydrogen-bond donors (Lipinski definition) is 0. The molecule has 10 aromatic carbocycles. The minimum atomic E-state index is 0.591. The first-order chi connectivity index (χ1) is 34.2. The zero-order chi connectivity index (χ0) is 45.7. The highest BCUT2D eigenvalue weighted by Gasteiger charge is 2.23. The van der Waals surface area contributed by atoms with Gasteiger partial charge in [0.1, 0.15) is 11.2 Å². The lowest BCUT2D eigenvalue weighted by molar-refractivity contribution is 0.669. The Bertz CT molecular complexity index is 3900. The number of para-hydroxylation sites is 2. The zero-order valence-corrected chi connectivity index (χ0v) is 37.5. The monoisotopic (exact) mass is 882 g/mol. The number of benzene rings is 10. The average Bonchev–Trinajstić information content (AvgIpc) is 3.98. The van der Waals surface area contributed by atoms with Crippen LogP contribution in [0.5, 0.6) is 0 Å². The first-order valence-corrected chi connectivity index (χ1v) is 23.4. The second-order valence-corrected chi connectivity index (χ2v) is 17.5. The van der Waals surface area contributed by atoms with Gasteiger partial charge in [-0.15, -0.1) is 0 Å². The van der Waals surface area contributed by atoms with Crippen LogP contribution in [0.25, 0.3) is 117 Å². The molecule has 0 aliphatic rings. The minimum absolute atomic E-state index is 0.591. The summed E-state index contributed by atoms with van der Waals surface area (Å²) in [5.41, 5.74) is 16.9. The van der Waals surface area contributed by atoms with Crippen molar-refractivity contribution in [3.05, 3.63) is 254 Å². The van der Waals surface area contributed by atoms with Gasteiger partial charge in [-0.05, 0) is 93.4 Å². The summed E-state index contributed by atoms with van der Waals surface area (Å²) in [7, 11) is 0. The summed E-state index contributed by atoms with van der Waals surface area (Å²) in [5.74, 6) is 1.84. The largest absolute Gasteiger partial charge is 0.456 e. The Morgan fingerprint density at radius 3 is 1.51 bits per heavy atom. The van der Waals surface area contributed by atoms with E-state index in [4.69, 9.17) is 19.4 Å². The van der Waals surface area contributed by atoms with Crippen LogP contribution in [0.3, 0.4) is 0 Å². The van der Waals surface area contributed by atoms with Gasteiger partial charge in [-0.2, -0.15) is 0 Å². The molecule has 3 aromatic heterocycles. The number of fused-ring (bicyclic) bond motifs is 7. The van der Waals surface area contributed by atoms with E-state index < -0.39 is 0 Å². The molecule has 0 spiro atoms. The van der Waals surface area contributed by atoms with Gasteiger partial charge in [0.05, 0.1) is 11.0 Å². The van der Waals surface area contributed by atoms with Gasteiger partial charge in [0.25, 0.3) is 0 Å². The van der Waals surface area contributed by atoms with Crippen LogP contribution in [0.1, 0.15) is 11.1 Å². The van der Waals surface area contributed by atoms with E-state index in [0.717, 1.165) is 99.9 Å². The predicted octanol–water partition coefficient (Wildman–Crippen LogP) is 16.5. The van der Waals surface area contributed by atoms with Crippen LogP contribution in [0.15, 0.2) is 247 Å². The summed E-state index contributed by atoms with van der Waals surface area (Å²) in [6.45, 7) is 0. The van der Waals surface area contributed by atoms with Gasteiger partial charge >= 0.3 is 0 Å². The van der Waals surface area contributed by atoms with Crippen LogP contribution < -0.4 is 0 Å². The Morgan fingerprint density at radius 1 is 0.333 bits per heavy atom. The molecule has 0 radical (unpaired) electrons. The van der Waals surface area contributed by atoms with E-state index in [1.165, 1.54) is 10.8 Å². The number of furan rings is 1. The first-order valence-electron chi connectivity index (χ1n) is 23.4. The van der Waals surface area contributed by atoms with Gasteiger partial charge in [-0.25, -0.2) is 15.0 Å². The topological polar surface area (TPSA) is 56.7 Å². The van der Waals surface area contributed by atoms with Gasteiger partial charge in [0, 0.05) is 43.9 Å². The van der Waals surface area contributed by atoms with E-state index in [0.29, 0.717) is 23.9 Å². The van der Waals surface area contributed by atoms with Crippen molar-refractivity contribution < 1.29 is 4.42 Å². The number of nitrogens with zero attached hydrogens (tertiary/aromatic N) is 4. The number of hydrogen-bond acceptors (Lipinski definition) is 4. The second kappa shape index (κ2) is 16.9. The zero-order valence-electron chi connectivity index (χ0n) is 37.5. The predicted molar refractivity (Wildman–Crippen MR) is 283 cm³/mol. The molecule has 5 heteroatoms. The van der Waals surface area contributed by atoms with E-state index >= 15 is 0 Å². The number of rotatable bonds is 9. The fourth-order valence-corrected chi connectivity index (χ4v) is 10.2. The second-order valence-electron chi connectivity index (χ2n) is 17.5. The van der Waals surface area contributed by atoms with Crippen LogP contribution >= 0.6 is 0 Å². The van der Waals surface area contributed by atoms with Crippen molar-refractivity contribution in [1.82, 2.24) is 19.5 Å². The van der Waals surface area contributed by atoms with E-state index in [1.807, 2.05) is 36.4 Å². The van der Waals surface area contributed by atoms with Gasteiger partial charge in [-0.3, -0.25) is 0 Å². The lowest BCUT2D eigenvalue weighted by Gasteiger charge is -2.19. The van der Waals surface area contributed by atoms with Crippen molar-refractivity contribution in [2.24, 2.45) is 0 Å². The van der Waals surface area contributed by atoms with Crippen molar-refractivity contribution in [2.45, 2.75) is 6.42 Å². The lowest BCUT2D eigenvalue weighted by atomic mass is 9.85. The normalized spacial score (nSPS) is 11.5. The summed E-state index contributed by atoms with van der Waals surface area (Å²) < 4.78 is 9.16. The van der Waals surface area contributed by atoms with E-state index in [1.54, 1.807) is 0 Å². The molecule has 5 nitrogen and oxygen atoms in total. The SMILES string of the molecule is c1ccc(-c2nc(-c3ccccc3)nc(-c3cc(-c4c(-c5ccccc5)cccc4-c4ccccc4)ccc3Cc3cccc4oc5ccc6c(c7ccccc7n6-c6ccccc6)c5c34)n2)cc1. The Labute approximate surface area is 399 Å². The van der Waals surface area contributed by atoms with Crippen LogP contribution in [-0.2, 0) is 6.42 Å². The molecule has 0 atom stereocenters. The fraction of sp³-hybridized carbons (Fsp3) is 0.0156. The van der Waals surface area contributed by atoms with Gasteiger partial charge in [-0.1, -0.05) is 200 Å². The summed E-state index contributed by atoms with van der Waals surface area (Å²) in [6, 6.07) is 85.4. The third-order valence-corrected chi connectivity index (χ3v) is 13.4. The quantitative estimate of drug-likeness (QED) is 0.145. The molecular weight excluding hydrogens is 841 g/mol. The first kappa shape index (κ1) is 40.1. The Kier molecular flexibility index (Phi) is 9.83.